The quantitative estimate of drug-likeness (QED) is 0.582. The molecular weight excluding hydrogens is 227 g/mol. The molecule has 1 aliphatic rings. The van der Waals surface area contributed by atoms with Crippen LogP contribution in [0.3, 0.4) is 0 Å². The summed E-state index contributed by atoms with van der Waals surface area (Å²) in [5, 5.41) is 0. The Morgan fingerprint density at radius 2 is 2.43 bits per heavy atom. The fourth-order valence-corrected chi connectivity index (χ4v) is 5.24. The fourth-order valence-electron chi connectivity index (χ4n) is 0.608. The first-order valence-electron chi connectivity index (χ1n) is 2.31. The standard InChI is InChI=1S/C4H9ClOTe/c1-7(5)4-2-3-6-7/h2-4H2,1H3. The molecule has 1 saturated heterocycles. The molecule has 0 aromatic heterocycles. The van der Waals surface area contributed by atoms with E-state index in [1.807, 2.05) is 0 Å². The van der Waals surface area contributed by atoms with Crippen LogP contribution >= 0.6 is 8.96 Å². The van der Waals surface area contributed by atoms with E-state index in [9.17, 15) is 0 Å². The van der Waals surface area contributed by atoms with Crippen LogP contribution in [-0.2, 0) is 3.10 Å². The van der Waals surface area contributed by atoms with Crippen LogP contribution in [0.5, 0.6) is 0 Å². The van der Waals surface area contributed by atoms with E-state index in [-0.39, 0.29) is 0 Å². The molecule has 0 spiro atoms. The number of hydrogen-bond acceptors (Lipinski definition) is 1. The van der Waals surface area contributed by atoms with Gasteiger partial charge in [0.05, 0.1) is 0 Å². The van der Waals surface area contributed by atoms with Gasteiger partial charge >= 0.3 is 52.0 Å². The third kappa shape index (κ3) is 1.77. The summed E-state index contributed by atoms with van der Waals surface area (Å²) in [7, 11) is 5.94. The van der Waals surface area contributed by atoms with Crippen molar-refractivity contribution in [3.8, 4) is 0 Å². The first-order chi connectivity index (χ1) is 3.21. The van der Waals surface area contributed by atoms with Crippen LogP contribution in [0.4, 0.5) is 0 Å². The molecule has 1 rings (SSSR count). The monoisotopic (exact) mass is 238 g/mol. The topological polar surface area (TPSA) is 9.23 Å². The molecule has 1 aliphatic heterocycles. The minimum atomic E-state index is -2.02. The summed E-state index contributed by atoms with van der Waals surface area (Å²) in [6.45, 7) is 0.918. The first kappa shape index (κ1) is 6.16. The molecular formula is C4H9ClOTe. The van der Waals surface area contributed by atoms with E-state index in [0.29, 0.717) is 0 Å². The summed E-state index contributed by atoms with van der Waals surface area (Å²) in [6, 6.07) is 0. The van der Waals surface area contributed by atoms with Gasteiger partial charge < -0.3 is 0 Å². The van der Waals surface area contributed by atoms with Crippen LogP contribution in [0.25, 0.3) is 0 Å². The predicted molar refractivity (Wildman–Crippen MR) is 32.8 cm³/mol. The Bertz CT molecular complexity index is 66.1. The predicted octanol–water partition coefficient (Wildman–Crippen LogP) is 1.72. The molecule has 44 valence electrons. The van der Waals surface area contributed by atoms with Gasteiger partial charge in [-0.05, 0) is 0 Å². The van der Waals surface area contributed by atoms with E-state index < -0.39 is 17.5 Å². The van der Waals surface area contributed by atoms with Crippen LogP contribution in [-0.4, -0.2) is 24.1 Å². The van der Waals surface area contributed by atoms with Crippen LogP contribution in [0, 0.1) is 0 Å². The summed E-state index contributed by atoms with van der Waals surface area (Å²) in [6.07, 6.45) is 1.20. The summed E-state index contributed by atoms with van der Waals surface area (Å²) in [4.78, 5) is 2.09. The van der Waals surface area contributed by atoms with E-state index in [1.54, 1.807) is 0 Å². The SMILES string of the molecule is C[Te]1(Cl)CCCO1. The Morgan fingerprint density at radius 3 is 2.57 bits per heavy atom. The van der Waals surface area contributed by atoms with Gasteiger partial charge in [0.1, 0.15) is 0 Å². The van der Waals surface area contributed by atoms with Crippen molar-refractivity contribution in [1.29, 1.82) is 0 Å². The number of rotatable bonds is 0. The van der Waals surface area contributed by atoms with Gasteiger partial charge in [-0.15, -0.1) is 0 Å². The van der Waals surface area contributed by atoms with Gasteiger partial charge in [0, 0.05) is 0 Å². The first-order valence-corrected chi connectivity index (χ1v) is 10.2. The zero-order valence-electron chi connectivity index (χ0n) is 4.32. The molecule has 1 nitrogen and oxygen atoms in total. The number of hydrogen-bond donors (Lipinski definition) is 0. The molecule has 0 aromatic rings. The van der Waals surface area contributed by atoms with Crippen LogP contribution in [0.1, 0.15) is 6.42 Å². The molecule has 0 saturated carbocycles. The van der Waals surface area contributed by atoms with Gasteiger partial charge in [-0.2, -0.15) is 0 Å². The van der Waals surface area contributed by atoms with Crippen molar-refractivity contribution in [1.82, 2.24) is 0 Å². The molecule has 3 heteroatoms. The average Bonchev–Trinajstić information content (AvgIpc) is 1.84. The normalized spacial score (nSPS) is 51.1. The second kappa shape index (κ2) is 2.11. The van der Waals surface area contributed by atoms with Gasteiger partial charge in [0.2, 0.25) is 0 Å². The Morgan fingerprint density at radius 1 is 1.71 bits per heavy atom. The molecule has 1 fully saturated rings. The molecule has 1 atom stereocenters. The van der Waals surface area contributed by atoms with Crippen molar-refractivity contribution < 1.29 is 3.10 Å². The van der Waals surface area contributed by atoms with Crippen LogP contribution in [0.15, 0.2) is 0 Å². The molecule has 1 heterocycles. The molecule has 1 unspecified atom stereocenters. The minimum absolute atomic E-state index is 0.918. The van der Waals surface area contributed by atoms with Crippen molar-refractivity contribution in [2.24, 2.45) is 0 Å². The molecule has 0 aliphatic carbocycles. The Hall–Kier alpha value is 1.04. The maximum absolute atomic E-state index is 5.94. The van der Waals surface area contributed by atoms with Gasteiger partial charge in [0.25, 0.3) is 0 Å². The summed E-state index contributed by atoms with van der Waals surface area (Å²) < 4.78 is 6.48. The Balaban J connectivity index is 2.40. The maximum atomic E-state index is 5.94. The summed E-state index contributed by atoms with van der Waals surface area (Å²) >= 11 is -2.02. The van der Waals surface area contributed by atoms with E-state index in [1.165, 1.54) is 10.9 Å². The zero-order valence-corrected chi connectivity index (χ0v) is 7.40. The average molecular weight is 236 g/mol. The fraction of sp³-hybridized carbons (Fsp3) is 1.00. The third-order valence-electron chi connectivity index (χ3n) is 0.982. The van der Waals surface area contributed by atoms with Crippen molar-refractivity contribution in [3.05, 3.63) is 0 Å². The number of halogens is 1. The second-order valence-electron chi connectivity index (χ2n) is 1.78. The van der Waals surface area contributed by atoms with Gasteiger partial charge in [-0.25, -0.2) is 0 Å². The molecule has 0 radical (unpaired) electrons. The molecule has 7 heavy (non-hydrogen) atoms. The van der Waals surface area contributed by atoms with E-state index in [2.05, 4.69) is 4.97 Å². The van der Waals surface area contributed by atoms with Crippen LogP contribution < -0.4 is 0 Å². The Labute approximate surface area is 52.1 Å². The van der Waals surface area contributed by atoms with Gasteiger partial charge in [-0.1, -0.05) is 0 Å². The van der Waals surface area contributed by atoms with Gasteiger partial charge in [0.15, 0.2) is 0 Å². The van der Waals surface area contributed by atoms with Crippen molar-refractivity contribution >= 4 is 26.4 Å². The Kier molecular flexibility index (Phi) is 1.86. The summed E-state index contributed by atoms with van der Waals surface area (Å²) in [5.74, 6) is 0. The zero-order chi connectivity index (χ0) is 5.33. The van der Waals surface area contributed by atoms with E-state index in [4.69, 9.17) is 12.1 Å². The summed E-state index contributed by atoms with van der Waals surface area (Å²) in [5.41, 5.74) is 0. The van der Waals surface area contributed by atoms with Crippen molar-refractivity contribution in [2.45, 2.75) is 15.9 Å². The molecule has 0 N–H and O–H groups in total. The molecule has 0 amide bonds. The van der Waals surface area contributed by atoms with E-state index >= 15 is 0 Å². The van der Waals surface area contributed by atoms with E-state index in [0.717, 1.165) is 6.61 Å². The van der Waals surface area contributed by atoms with Crippen molar-refractivity contribution in [2.75, 3.05) is 6.61 Å². The van der Waals surface area contributed by atoms with Crippen molar-refractivity contribution in [3.63, 3.8) is 0 Å². The molecule has 0 bridgehead atoms. The second-order valence-corrected chi connectivity index (χ2v) is 13.1. The molecule has 0 aromatic carbocycles. The van der Waals surface area contributed by atoms with Crippen LogP contribution in [0.2, 0.25) is 9.44 Å². The third-order valence-corrected chi connectivity index (χ3v) is 7.40. The van der Waals surface area contributed by atoms with Gasteiger partial charge in [-0.3, -0.25) is 0 Å².